The Balaban J connectivity index is 1.96. The number of carboxylic acid groups (broad SMARTS) is 1. The number of hydrogen-bond acceptors (Lipinski definition) is 4. The van der Waals surface area contributed by atoms with Crippen LogP contribution in [0.25, 0.3) is 5.76 Å². The van der Waals surface area contributed by atoms with Crippen LogP contribution in [-0.4, -0.2) is 27.9 Å². The van der Waals surface area contributed by atoms with Crippen molar-refractivity contribution in [3.8, 4) is 0 Å². The number of carbonyl (C=O) groups excluding carboxylic acids is 2. The molecule has 0 aromatic heterocycles. The number of nitrogens with zero attached hydrogens (tertiary/aromatic N) is 1. The van der Waals surface area contributed by atoms with Gasteiger partial charge >= 0.3 is 5.97 Å². The minimum Gasteiger partial charge on any atom is -0.507 e. The number of aliphatic hydroxyl groups excluding tert-OH is 1. The molecule has 0 saturated carbocycles. The molecule has 32 heavy (non-hydrogen) atoms. The molecule has 4 rings (SSSR count). The smallest absolute Gasteiger partial charge is 0.335 e. The number of aromatic carboxylic acids is 1. The van der Waals surface area contributed by atoms with Gasteiger partial charge in [-0.25, -0.2) is 9.18 Å². The first kappa shape index (κ1) is 21.0. The fourth-order valence-electron chi connectivity index (χ4n) is 3.75. The molecule has 1 amide bonds. The molecule has 2 N–H and O–H groups in total. The summed E-state index contributed by atoms with van der Waals surface area (Å²) in [6, 6.07) is 16.5. The van der Waals surface area contributed by atoms with Gasteiger partial charge in [-0.05, 0) is 42.8 Å². The molecular formula is C25H18FNO5. The number of rotatable bonds is 4. The fourth-order valence-corrected chi connectivity index (χ4v) is 3.75. The summed E-state index contributed by atoms with van der Waals surface area (Å²) < 4.78 is 14.1. The zero-order valence-electron chi connectivity index (χ0n) is 16.9. The molecule has 1 fully saturated rings. The largest absolute Gasteiger partial charge is 0.507 e. The van der Waals surface area contributed by atoms with E-state index in [4.69, 9.17) is 0 Å². The van der Waals surface area contributed by atoms with E-state index >= 15 is 0 Å². The van der Waals surface area contributed by atoms with Crippen LogP contribution in [-0.2, 0) is 9.59 Å². The Kier molecular flexibility index (Phi) is 5.32. The highest BCUT2D eigenvalue weighted by atomic mass is 19.1. The van der Waals surface area contributed by atoms with Crippen LogP contribution in [0.3, 0.4) is 0 Å². The lowest BCUT2D eigenvalue weighted by atomic mass is 9.94. The van der Waals surface area contributed by atoms with Crippen molar-refractivity contribution in [3.05, 3.63) is 106 Å². The second-order valence-electron chi connectivity index (χ2n) is 7.45. The Hall–Kier alpha value is -4.26. The van der Waals surface area contributed by atoms with Crippen LogP contribution in [0.2, 0.25) is 0 Å². The molecule has 160 valence electrons. The normalized spacial score (nSPS) is 17.6. The maximum absolute atomic E-state index is 14.1. The molecule has 0 aliphatic carbocycles. The number of carboxylic acids is 1. The van der Waals surface area contributed by atoms with E-state index in [1.54, 1.807) is 24.3 Å². The highest BCUT2D eigenvalue weighted by Crippen LogP contribution is 2.42. The standard InChI is InChI=1S/C25H18FNO5/c1-14-8-10-15(11-9-14)22(28)20-21(16-4-2-6-18(26)12-16)27(24(30)23(20)29)19-7-3-5-17(13-19)25(31)32/h2-13,21,28H,1H3,(H,31,32)/b22-20+/t21-/m0/s1. The van der Waals surface area contributed by atoms with Gasteiger partial charge in [-0.3, -0.25) is 14.5 Å². The molecule has 1 aliphatic heterocycles. The summed E-state index contributed by atoms with van der Waals surface area (Å²) in [5.74, 6) is -4.07. The van der Waals surface area contributed by atoms with Gasteiger partial charge in [0.15, 0.2) is 0 Å². The number of aliphatic hydroxyl groups is 1. The molecule has 0 spiro atoms. The van der Waals surface area contributed by atoms with Crippen molar-refractivity contribution < 1.29 is 29.0 Å². The zero-order valence-corrected chi connectivity index (χ0v) is 16.9. The zero-order chi connectivity index (χ0) is 23.0. The van der Waals surface area contributed by atoms with E-state index in [1.165, 1.54) is 48.5 Å². The first-order valence-electron chi connectivity index (χ1n) is 9.75. The van der Waals surface area contributed by atoms with Crippen LogP contribution in [0.15, 0.2) is 78.4 Å². The lowest BCUT2D eigenvalue weighted by molar-refractivity contribution is -0.132. The van der Waals surface area contributed by atoms with E-state index in [9.17, 15) is 29.0 Å². The average molecular weight is 431 g/mol. The van der Waals surface area contributed by atoms with Crippen molar-refractivity contribution in [2.75, 3.05) is 4.90 Å². The number of benzene rings is 3. The van der Waals surface area contributed by atoms with E-state index < -0.39 is 35.3 Å². The van der Waals surface area contributed by atoms with E-state index in [-0.39, 0.29) is 22.4 Å². The summed E-state index contributed by atoms with van der Waals surface area (Å²) in [7, 11) is 0. The van der Waals surface area contributed by atoms with Crippen LogP contribution >= 0.6 is 0 Å². The van der Waals surface area contributed by atoms with Gasteiger partial charge in [-0.1, -0.05) is 48.0 Å². The predicted octanol–water partition coefficient (Wildman–Crippen LogP) is 4.46. The van der Waals surface area contributed by atoms with Gasteiger partial charge in [-0.15, -0.1) is 0 Å². The van der Waals surface area contributed by atoms with Crippen LogP contribution < -0.4 is 4.90 Å². The van der Waals surface area contributed by atoms with Gasteiger partial charge in [0.05, 0.1) is 17.2 Å². The molecule has 1 atom stereocenters. The van der Waals surface area contributed by atoms with Crippen molar-refractivity contribution in [1.29, 1.82) is 0 Å². The number of amides is 1. The molecule has 1 aliphatic rings. The van der Waals surface area contributed by atoms with Gasteiger partial charge in [0.2, 0.25) is 0 Å². The average Bonchev–Trinajstić information content (AvgIpc) is 3.04. The molecule has 0 bridgehead atoms. The quantitative estimate of drug-likeness (QED) is 0.361. The minimum absolute atomic E-state index is 0.0825. The molecule has 1 saturated heterocycles. The monoisotopic (exact) mass is 431 g/mol. The number of ketones is 1. The molecule has 0 unspecified atom stereocenters. The maximum atomic E-state index is 14.1. The Morgan fingerprint density at radius 1 is 0.906 bits per heavy atom. The molecule has 1 heterocycles. The molecular weight excluding hydrogens is 413 g/mol. The summed E-state index contributed by atoms with van der Waals surface area (Å²) in [4.78, 5) is 38.6. The minimum atomic E-state index is -1.20. The summed E-state index contributed by atoms with van der Waals surface area (Å²) in [5, 5.41) is 20.3. The first-order chi connectivity index (χ1) is 15.3. The van der Waals surface area contributed by atoms with Crippen LogP contribution in [0.1, 0.15) is 33.1 Å². The summed E-state index contributed by atoms with van der Waals surface area (Å²) >= 11 is 0. The summed E-state index contributed by atoms with van der Waals surface area (Å²) in [6.07, 6.45) is 0. The topological polar surface area (TPSA) is 94.9 Å². The summed E-state index contributed by atoms with van der Waals surface area (Å²) in [6.45, 7) is 1.87. The number of Topliss-reactive ketones (excluding diaryl/α,β-unsaturated/α-hetero) is 1. The molecule has 0 radical (unpaired) electrons. The number of carbonyl (C=O) groups is 3. The van der Waals surface area contributed by atoms with E-state index in [0.29, 0.717) is 5.56 Å². The molecule has 6 nitrogen and oxygen atoms in total. The van der Waals surface area contributed by atoms with Gasteiger partial charge in [-0.2, -0.15) is 0 Å². The van der Waals surface area contributed by atoms with E-state index in [1.807, 2.05) is 6.92 Å². The number of halogens is 1. The Morgan fingerprint density at radius 2 is 1.59 bits per heavy atom. The molecule has 3 aromatic carbocycles. The Morgan fingerprint density at radius 3 is 2.25 bits per heavy atom. The lowest BCUT2D eigenvalue weighted by Gasteiger charge is -2.25. The van der Waals surface area contributed by atoms with Crippen LogP contribution in [0.4, 0.5) is 10.1 Å². The fraction of sp³-hybridized carbons (Fsp3) is 0.0800. The maximum Gasteiger partial charge on any atom is 0.335 e. The third-order valence-electron chi connectivity index (χ3n) is 5.31. The van der Waals surface area contributed by atoms with Crippen molar-refractivity contribution in [2.24, 2.45) is 0 Å². The number of aryl methyl sites for hydroxylation is 1. The molecule has 3 aromatic rings. The highest BCUT2D eigenvalue weighted by Gasteiger charge is 2.47. The lowest BCUT2D eigenvalue weighted by Crippen LogP contribution is -2.29. The van der Waals surface area contributed by atoms with E-state index in [2.05, 4.69) is 0 Å². The second kappa shape index (κ2) is 8.11. The van der Waals surface area contributed by atoms with Crippen molar-refractivity contribution in [1.82, 2.24) is 0 Å². The SMILES string of the molecule is Cc1ccc(/C(O)=C2\C(=O)C(=O)N(c3cccc(C(=O)O)c3)[C@H]2c2cccc(F)c2)cc1. The van der Waals surface area contributed by atoms with Gasteiger partial charge in [0, 0.05) is 11.3 Å². The highest BCUT2D eigenvalue weighted by molar-refractivity contribution is 6.51. The van der Waals surface area contributed by atoms with Gasteiger partial charge in [0.1, 0.15) is 11.6 Å². The van der Waals surface area contributed by atoms with Crippen LogP contribution in [0.5, 0.6) is 0 Å². The van der Waals surface area contributed by atoms with Crippen molar-refractivity contribution in [3.63, 3.8) is 0 Å². The summed E-state index contributed by atoms with van der Waals surface area (Å²) in [5.41, 5.74) is 1.39. The Bertz CT molecular complexity index is 1280. The van der Waals surface area contributed by atoms with Gasteiger partial charge < -0.3 is 10.2 Å². The van der Waals surface area contributed by atoms with Crippen LogP contribution in [0, 0.1) is 12.7 Å². The van der Waals surface area contributed by atoms with Gasteiger partial charge in [0.25, 0.3) is 11.7 Å². The van der Waals surface area contributed by atoms with E-state index in [0.717, 1.165) is 10.5 Å². The van der Waals surface area contributed by atoms with Crippen molar-refractivity contribution in [2.45, 2.75) is 13.0 Å². The third kappa shape index (κ3) is 3.65. The predicted molar refractivity (Wildman–Crippen MR) is 116 cm³/mol. The first-order valence-corrected chi connectivity index (χ1v) is 9.75. The molecule has 7 heteroatoms. The number of anilines is 1. The Labute approximate surface area is 182 Å². The third-order valence-corrected chi connectivity index (χ3v) is 5.31. The second-order valence-corrected chi connectivity index (χ2v) is 7.45. The van der Waals surface area contributed by atoms with Crippen molar-refractivity contribution >= 4 is 29.1 Å². The number of hydrogen-bond donors (Lipinski definition) is 2.